The molecule has 1 N–H and O–H groups in total. The fraction of sp³-hybridized carbons (Fsp3) is 0.522. The number of thioether (sulfide) groups is 1. The van der Waals surface area contributed by atoms with E-state index in [0.29, 0.717) is 11.8 Å². The number of carbonyl (C=O) groups is 1. The van der Waals surface area contributed by atoms with Gasteiger partial charge < -0.3 is 10.2 Å². The molecule has 2 heterocycles. The van der Waals surface area contributed by atoms with Crippen LogP contribution in [0.15, 0.2) is 41.6 Å². The van der Waals surface area contributed by atoms with Gasteiger partial charge in [0, 0.05) is 36.0 Å². The van der Waals surface area contributed by atoms with E-state index >= 15 is 0 Å². The summed E-state index contributed by atoms with van der Waals surface area (Å²) in [5, 5.41) is 3.42. The van der Waals surface area contributed by atoms with Gasteiger partial charge >= 0.3 is 0 Å². The maximum atomic E-state index is 12.5. The van der Waals surface area contributed by atoms with E-state index < -0.39 is 0 Å². The van der Waals surface area contributed by atoms with Gasteiger partial charge in [0.2, 0.25) is 5.91 Å². The third-order valence-electron chi connectivity index (χ3n) is 5.87. The zero-order chi connectivity index (χ0) is 20.6. The molecule has 0 unspecified atom stereocenters. The summed E-state index contributed by atoms with van der Waals surface area (Å²) in [6.07, 6.45) is 9.68. The van der Waals surface area contributed by atoms with Crippen molar-refractivity contribution in [2.24, 2.45) is 11.8 Å². The lowest BCUT2D eigenvalue weighted by molar-refractivity contribution is -0.137. The average molecular weight is 413 g/mol. The molecule has 0 spiro atoms. The van der Waals surface area contributed by atoms with Crippen LogP contribution in [-0.4, -0.2) is 46.7 Å². The summed E-state index contributed by atoms with van der Waals surface area (Å²) >= 11 is 1.73. The number of nitrogens with zero attached hydrogens (tertiary/aromatic N) is 3. The van der Waals surface area contributed by atoms with Gasteiger partial charge in [-0.05, 0) is 50.0 Å². The van der Waals surface area contributed by atoms with Crippen molar-refractivity contribution in [3.63, 3.8) is 0 Å². The molecular formula is C23H32N4OS. The molecule has 1 aromatic heterocycles. The fourth-order valence-electron chi connectivity index (χ4n) is 3.83. The number of hydrogen-bond acceptors (Lipinski definition) is 5. The Hall–Kier alpha value is -2.08. The Labute approximate surface area is 178 Å². The lowest BCUT2D eigenvalue weighted by Gasteiger charge is -2.34. The molecule has 1 aliphatic heterocycles. The highest BCUT2D eigenvalue weighted by Gasteiger charge is 2.26. The summed E-state index contributed by atoms with van der Waals surface area (Å²) in [4.78, 5) is 24.9. The minimum absolute atomic E-state index is 0.190. The van der Waals surface area contributed by atoms with E-state index in [4.69, 9.17) is 0 Å². The van der Waals surface area contributed by atoms with Crippen LogP contribution in [0.2, 0.25) is 0 Å². The van der Waals surface area contributed by atoms with Crippen LogP contribution in [0, 0.1) is 11.8 Å². The minimum Gasteiger partial charge on any atom is -0.369 e. The first-order chi connectivity index (χ1) is 14.1. The van der Waals surface area contributed by atoms with Gasteiger partial charge in [-0.3, -0.25) is 9.78 Å². The molecule has 0 bridgehead atoms. The summed E-state index contributed by atoms with van der Waals surface area (Å²) in [5.74, 6) is 1.91. The number of nitrogens with one attached hydrogen (secondary N) is 1. The first-order valence-corrected chi connectivity index (χ1v) is 11.9. The van der Waals surface area contributed by atoms with Gasteiger partial charge in [0.1, 0.15) is 5.82 Å². The second-order valence-corrected chi connectivity index (χ2v) is 8.56. The van der Waals surface area contributed by atoms with Gasteiger partial charge in [0.15, 0.2) is 0 Å². The molecule has 1 aromatic carbocycles. The van der Waals surface area contributed by atoms with Crippen molar-refractivity contribution in [3.8, 4) is 11.3 Å². The number of carbonyl (C=O) groups excluding carboxylic acids is 1. The summed E-state index contributed by atoms with van der Waals surface area (Å²) in [6.45, 7) is 6.84. The Bertz CT molecular complexity index is 766. The maximum absolute atomic E-state index is 12.5. The van der Waals surface area contributed by atoms with Crippen molar-refractivity contribution in [2.75, 3.05) is 31.2 Å². The van der Waals surface area contributed by atoms with Gasteiger partial charge in [0.25, 0.3) is 0 Å². The lowest BCUT2D eigenvalue weighted by Crippen LogP contribution is -2.42. The van der Waals surface area contributed by atoms with E-state index in [0.717, 1.165) is 62.4 Å². The molecular weight excluding hydrogens is 380 g/mol. The first-order valence-electron chi connectivity index (χ1n) is 10.6. The molecule has 1 amide bonds. The Morgan fingerprint density at radius 2 is 1.83 bits per heavy atom. The molecule has 3 rings (SSSR count). The number of anilines is 1. The van der Waals surface area contributed by atoms with Crippen LogP contribution in [-0.2, 0) is 4.79 Å². The van der Waals surface area contributed by atoms with Crippen LogP contribution in [0.4, 0.5) is 5.82 Å². The second-order valence-electron chi connectivity index (χ2n) is 7.68. The van der Waals surface area contributed by atoms with Crippen molar-refractivity contribution in [1.29, 1.82) is 0 Å². The average Bonchev–Trinajstić information content (AvgIpc) is 2.79. The van der Waals surface area contributed by atoms with Crippen molar-refractivity contribution in [3.05, 3.63) is 36.7 Å². The largest absolute Gasteiger partial charge is 0.369 e. The molecule has 0 aliphatic carbocycles. The first kappa shape index (κ1) is 21.6. The minimum atomic E-state index is 0.190. The predicted octanol–water partition coefficient (Wildman–Crippen LogP) is 4.95. The topological polar surface area (TPSA) is 58.1 Å². The predicted molar refractivity (Wildman–Crippen MR) is 121 cm³/mol. The normalized spacial score (nSPS) is 15.0. The van der Waals surface area contributed by atoms with E-state index in [9.17, 15) is 4.79 Å². The van der Waals surface area contributed by atoms with Crippen LogP contribution >= 0.6 is 11.8 Å². The highest BCUT2D eigenvalue weighted by atomic mass is 32.2. The Balaban J connectivity index is 1.46. The van der Waals surface area contributed by atoms with Crippen molar-refractivity contribution >= 4 is 23.5 Å². The Morgan fingerprint density at radius 3 is 2.38 bits per heavy atom. The van der Waals surface area contributed by atoms with Gasteiger partial charge in [-0.15, -0.1) is 11.8 Å². The number of aromatic nitrogens is 2. The molecule has 1 fully saturated rings. The van der Waals surface area contributed by atoms with E-state index in [1.165, 1.54) is 4.90 Å². The van der Waals surface area contributed by atoms with E-state index in [1.54, 1.807) is 11.8 Å². The maximum Gasteiger partial charge on any atom is 0.225 e. The molecule has 6 heteroatoms. The summed E-state index contributed by atoms with van der Waals surface area (Å²) in [6, 6.07) is 8.38. The molecule has 2 aromatic rings. The molecule has 5 nitrogen and oxygen atoms in total. The van der Waals surface area contributed by atoms with Gasteiger partial charge in [-0.2, -0.15) is 0 Å². The molecule has 0 atom stereocenters. The standard InChI is InChI=1S/C23H32N4OS/c1-4-18(5-2)23(28)27-12-10-17(11-13-27)14-25-22-16-24-21(15-26-22)19-6-8-20(29-3)9-7-19/h6-9,15-18H,4-5,10-14H2,1-3H3,(H,25,26). The number of benzene rings is 1. The number of rotatable bonds is 8. The van der Waals surface area contributed by atoms with E-state index in [-0.39, 0.29) is 5.92 Å². The van der Waals surface area contributed by atoms with Crippen LogP contribution < -0.4 is 5.32 Å². The summed E-state index contributed by atoms with van der Waals surface area (Å²) < 4.78 is 0. The molecule has 156 valence electrons. The van der Waals surface area contributed by atoms with E-state index in [1.807, 2.05) is 12.4 Å². The highest BCUT2D eigenvalue weighted by molar-refractivity contribution is 7.98. The Morgan fingerprint density at radius 1 is 1.14 bits per heavy atom. The van der Waals surface area contributed by atoms with Crippen LogP contribution in [0.1, 0.15) is 39.5 Å². The number of likely N-dealkylation sites (tertiary alicyclic amines) is 1. The third-order valence-corrected chi connectivity index (χ3v) is 6.61. The molecule has 0 saturated carbocycles. The van der Waals surface area contributed by atoms with Gasteiger partial charge in [-0.25, -0.2) is 4.98 Å². The summed E-state index contributed by atoms with van der Waals surface area (Å²) in [7, 11) is 0. The highest BCUT2D eigenvalue weighted by Crippen LogP contribution is 2.23. The quantitative estimate of drug-likeness (QED) is 0.622. The Kier molecular flexibility index (Phi) is 7.92. The SMILES string of the molecule is CCC(CC)C(=O)N1CCC(CNc2cnc(-c3ccc(SC)cc3)cn2)CC1. The number of hydrogen-bond donors (Lipinski definition) is 1. The van der Waals surface area contributed by atoms with Crippen molar-refractivity contribution < 1.29 is 4.79 Å². The van der Waals surface area contributed by atoms with Crippen LogP contribution in [0.25, 0.3) is 11.3 Å². The zero-order valence-corrected chi connectivity index (χ0v) is 18.5. The fourth-order valence-corrected chi connectivity index (χ4v) is 4.24. The molecule has 29 heavy (non-hydrogen) atoms. The van der Waals surface area contributed by atoms with Gasteiger partial charge in [-0.1, -0.05) is 26.0 Å². The molecule has 1 aliphatic rings. The van der Waals surface area contributed by atoms with Crippen LogP contribution in [0.5, 0.6) is 0 Å². The molecule has 0 radical (unpaired) electrons. The number of piperidine rings is 1. The van der Waals surface area contributed by atoms with Gasteiger partial charge in [0.05, 0.1) is 18.1 Å². The molecule has 1 saturated heterocycles. The third kappa shape index (κ3) is 5.72. The van der Waals surface area contributed by atoms with E-state index in [2.05, 4.69) is 64.6 Å². The summed E-state index contributed by atoms with van der Waals surface area (Å²) in [5.41, 5.74) is 1.97. The smallest absolute Gasteiger partial charge is 0.225 e. The second kappa shape index (κ2) is 10.6. The lowest BCUT2D eigenvalue weighted by atomic mass is 9.94. The van der Waals surface area contributed by atoms with Crippen LogP contribution in [0.3, 0.4) is 0 Å². The van der Waals surface area contributed by atoms with Crippen molar-refractivity contribution in [2.45, 2.75) is 44.4 Å². The zero-order valence-electron chi connectivity index (χ0n) is 17.7. The number of amides is 1. The monoisotopic (exact) mass is 412 g/mol. The van der Waals surface area contributed by atoms with Crippen molar-refractivity contribution in [1.82, 2.24) is 14.9 Å².